The molecule has 2 aromatic rings. The molecule has 8 nitrogen and oxygen atoms in total. The van der Waals surface area contributed by atoms with Crippen molar-refractivity contribution in [2.24, 2.45) is 0 Å². The Kier molecular flexibility index (Phi) is 4.56. The fourth-order valence-corrected chi connectivity index (χ4v) is 4.62. The smallest absolute Gasteiger partial charge is 0.410 e. The molecule has 1 N–H and O–H groups in total. The van der Waals surface area contributed by atoms with Gasteiger partial charge < -0.3 is 19.9 Å². The molecule has 2 amide bonds. The van der Waals surface area contributed by atoms with Crippen molar-refractivity contribution >= 4 is 17.8 Å². The molecule has 0 bridgehead atoms. The molecule has 30 heavy (non-hydrogen) atoms. The molecule has 1 aromatic heterocycles. The summed E-state index contributed by atoms with van der Waals surface area (Å²) in [6, 6.07) is 10.2. The van der Waals surface area contributed by atoms with Crippen molar-refractivity contribution in [2.75, 3.05) is 38.1 Å². The Balaban J connectivity index is 1.44. The number of hydrogen-bond donors (Lipinski definition) is 1. The molecule has 3 aliphatic rings. The van der Waals surface area contributed by atoms with Crippen LogP contribution in [0.1, 0.15) is 33.9 Å². The van der Waals surface area contributed by atoms with Gasteiger partial charge in [0.25, 0.3) is 5.91 Å². The van der Waals surface area contributed by atoms with E-state index in [9.17, 15) is 9.59 Å². The number of hydrogen-bond acceptors (Lipinski definition) is 6. The molecule has 1 aromatic carbocycles. The Morgan fingerprint density at radius 3 is 2.73 bits per heavy atom. The fourth-order valence-electron chi connectivity index (χ4n) is 4.62. The van der Waals surface area contributed by atoms with Crippen LogP contribution in [0, 0.1) is 0 Å². The van der Waals surface area contributed by atoms with Gasteiger partial charge in [0, 0.05) is 38.5 Å². The van der Waals surface area contributed by atoms with E-state index in [4.69, 9.17) is 9.72 Å². The van der Waals surface area contributed by atoms with Crippen LogP contribution in [0.15, 0.2) is 30.3 Å². The first-order chi connectivity index (χ1) is 14.5. The van der Waals surface area contributed by atoms with Crippen molar-refractivity contribution < 1.29 is 14.3 Å². The van der Waals surface area contributed by atoms with Crippen LogP contribution in [0.2, 0.25) is 0 Å². The summed E-state index contributed by atoms with van der Waals surface area (Å²) in [6.07, 6.45) is 2.66. The second-order valence-corrected chi connectivity index (χ2v) is 8.36. The fraction of sp³-hybridized carbons (Fsp3) is 0.455. The lowest BCUT2D eigenvalue weighted by atomic mass is 10.0. The van der Waals surface area contributed by atoms with E-state index in [1.165, 1.54) is 5.56 Å². The van der Waals surface area contributed by atoms with Crippen LogP contribution >= 0.6 is 0 Å². The monoisotopic (exact) mass is 407 g/mol. The van der Waals surface area contributed by atoms with Crippen molar-refractivity contribution in [3.63, 3.8) is 0 Å². The molecule has 0 aliphatic carbocycles. The number of amides is 2. The molecule has 5 rings (SSSR count). The minimum Gasteiger partial charge on any atom is -0.439 e. The van der Waals surface area contributed by atoms with E-state index in [0.29, 0.717) is 44.0 Å². The standard InChI is InChI=1S/C22H25N5O3/c1-26-13-22(30-21(26)29)10-12-27(14-22)19-16-9-11-23-20(28)18(16)24-17(25-19)8-7-15-5-3-2-4-6-15/h2-6H,7-14H2,1H3,(H,23,28). The molecule has 2 fully saturated rings. The Morgan fingerprint density at radius 1 is 1.13 bits per heavy atom. The first-order valence-corrected chi connectivity index (χ1v) is 10.4. The summed E-state index contributed by atoms with van der Waals surface area (Å²) >= 11 is 0. The number of benzene rings is 1. The second kappa shape index (κ2) is 7.27. The Bertz CT molecular complexity index is 996. The zero-order chi connectivity index (χ0) is 20.7. The number of likely N-dealkylation sites (N-methyl/N-ethyl adjacent to an activating group) is 1. The largest absolute Gasteiger partial charge is 0.439 e. The first kappa shape index (κ1) is 18.8. The SMILES string of the molecule is CN1CC2(CCN(c3nc(CCc4ccccc4)nc4c3CCNC4=O)C2)OC1=O. The summed E-state index contributed by atoms with van der Waals surface area (Å²) in [6.45, 7) is 2.50. The van der Waals surface area contributed by atoms with Crippen LogP contribution in [0.4, 0.5) is 10.6 Å². The molecule has 4 heterocycles. The third kappa shape index (κ3) is 3.36. The molecule has 3 aliphatic heterocycles. The van der Waals surface area contributed by atoms with E-state index in [1.54, 1.807) is 11.9 Å². The lowest BCUT2D eigenvalue weighted by molar-refractivity contribution is 0.0741. The van der Waals surface area contributed by atoms with E-state index >= 15 is 0 Å². The maximum Gasteiger partial charge on any atom is 0.410 e. The van der Waals surface area contributed by atoms with Gasteiger partial charge in [0.1, 0.15) is 17.3 Å². The van der Waals surface area contributed by atoms with Gasteiger partial charge >= 0.3 is 6.09 Å². The van der Waals surface area contributed by atoms with Crippen molar-refractivity contribution in [1.82, 2.24) is 20.2 Å². The highest BCUT2D eigenvalue weighted by Crippen LogP contribution is 2.36. The van der Waals surface area contributed by atoms with Gasteiger partial charge in [-0.1, -0.05) is 30.3 Å². The Morgan fingerprint density at radius 2 is 1.97 bits per heavy atom. The average molecular weight is 407 g/mol. The highest BCUT2D eigenvalue weighted by atomic mass is 16.6. The van der Waals surface area contributed by atoms with Gasteiger partial charge in [-0.25, -0.2) is 14.8 Å². The molecule has 1 spiro atoms. The van der Waals surface area contributed by atoms with Gasteiger partial charge in [0.2, 0.25) is 0 Å². The van der Waals surface area contributed by atoms with E-state index in [1.807, 2.05) is 18.2 Å². The summed E-state index contributed by atoms with van der Waals surface area (Å²) in [5.41, 5.74) is 2.10. The van der Waals surface area contributed by atoms with Gasteiger partial charge in [-0.15, -0.1) is 0 Å². The summed E-state index contributed by atoms with van der Waals surface area (Å²) in [5.74, 6) is 1.35. The highest BCUT2D eigenvalue weighted by molar-refractivity contribution is 5.96. The van der Waals surface area contributed by atoms with Gasteiger partial charge in [0.05, 0.1) is 13.1 Å². The van der Waals surface area contributed by atoms with Crippen molar-refractivity contribution in [3.05, 3.63) is 53.0 Å². The topological polar surface area (TPSA) is 87.7 Å². The van der Waals surface area contributed by atoms with Crippen molar-refractivity contribution in [1.29, 1.82) is 0 Å². The second-order valence-electron chi connectivity index (χ2n) is 8.36. The number of nitrogens with zero attached hydrogens (tertiary/aromatic N) is 4. The van der Waals surface area contributed by atoms with Gasteiger partial charge in [-0.3, -0.25) is 4.79 Å². The molecule has 0 radical (unpaired) electrons. The zero-order valence-electron chi connectivity index (χ0n) is 17.1. The van der Waals surface area contributed by atoms with E-state index in [2.05, 4.69) is 27.3 Å². The summed E-state index contributed by atoms with van der Waals surface area (Å²) in [5, 5.41) is 2.89. The molecule has 156 valence electrons. The number of carbonyl (C=O) groups excluding carboxylic acids is 2. The van der Waals surface area contributed by atoms with E-state index < -0.39 is 5.60 Å². The number of nitrogens with one attached hydrogen (secondary N) is 1. The number of ether oxygens (including phenoxy) is 1. The van der Waals surface area contributed by atoms with E-state index in [-0.39, 0.29) is 12.0 Å². The highest BCUT2D eigenvalue weighted by Gasteiger charge is 2.49. The van der Waals surface area contributed by atoms with Crippen molar-refractivity contribution in [2.45, 2.75) is 31.3 Å². The molecule has 8 heteroatoms. The van der Waals surface area contributed by atoms with Gasteiger partial charge in [-0.05, 0) is 18.4 Å². The normalized spacial score (nSPS) is 23.0. The minimum atomic E-state index is -0.495. The zero-order valence-corrected chi connectivity index (χ0v) is 17.1. The number of aromatic nitrogens is 2. The van der Waals surface area contributed by atoms with Gasteiger partial charge in [-0.2, -0.15) is 0 Å². The first-order valence-electron chi connectivity index (χ1n) is 10.4. The molecular weight excluding hydrogens is 382 g/mol. The molecular formula is C22H25N5O3. The van der Waals surface area contributed by atoms with Crippen LogP contribution in [0.5, 0.6) is 0 Å². The maximum absolute atomic E-state index is 12.5. The lowest BCUT2D eigenvalue weighted by Crippen LogP contribution is -2.39. The molecule has 1 unspecified atom stereocenters. The van der Waals surface area contributed by atoms with Crippen molar-refractivity contribution in [3.8, 4) is 0 Å². The van der Waals surface area contributed by atoms with Crippen LogP contribution in [0.3, 0.4) is 0 Å². The number of aryl methyl sites for hydroxylation is 2. The third-order valence-corrected chi connectivity index (χ3v) is 6.14. The predicted octanol–water partition coefficient (Wildman–Crippen LogP) is 1.58. The van der Waals surface area contributed by atoms with Gasteiger partial charge in [0.15, 0.2) is 5.60 Å². The minimum absolute atomic E-state index is 0.137. The summed E-state index contributed by atoms with van der Waals surface area (Å²) in [7, 11) is 1.76. The van der Waals surface area contributed by atoms with Crippen LogP contribution < -0.4 is 10.2 Å². The number of anilines is 1. The third-order valence-electron chi connectivity index (χ3n) is 6.14. The Hall–Kier alpha value is -3.16. The molecule has 2 saturated heterocycles. The van der Waals surface area contributed by atoms with E-state index in [0.717, 1.165) is 30.8 Å². The quantitative estimate of drug-likeness (QED) is 0.828. The molecule has 0 saturated carbocycles. The molecule has 1 atom stereocenters. The summed E-state index contributed by atoms with van der Waals surface area (Å²) in [4.78, 5) is 37.7. The Labute approximate surface area is 175 Å². The number of fused-ring (bicyclic) bond motifs is 1. The van der Waals surface area contributed by atoms with Crippen LogP contribution in [-0.2, 0) is 24.0 Å². The number of carbonyl (C=O) groups is 2. The average Bonchev–Trinajstić information content (AvgIpc) is 3.28. The maximum atomic E-state index is 12.5. The van der Waals surface area contributed by atoms with Crippen LogP contribution in [0.25, 0.3) is 0 Å². The predicted molar refractivity (Wildman–Crippen MR) is 111 cm³/mol. The lowest BCUT2D eigenvalue weighted by Gasteiger charge is -2.27. The number of rotatable bonds is 4. The summed E-state index contributed by atoms with van der Waals surface area (Å²) < 4.78 is 5.70. The van der Waals surface area contributed by atoms with Crippen LogP contribution in [-0.4, -0.2) is 65.7 Å².